The van der Waals surface area contributed by atoms with Crippen molar-refractivity contribution in [1.82, 2.24) is 10.2 Å². The molecule has 1 unspecified atom stereocenters. The van der Waals surface area contributed by atoms with E-state index in [1.807, 2.05) is 0 Å². The minimum Gasteiger partial charge on any atom is -0.379 e. The van der Waals surface area contributed by atoms with Crippen LogP contribution in [0.15, 0.2) is 22.7 Å². The maximum Gasteiger partial charge on any atom is 0.123 e. The maximum atomic E-state index is 13.2. The number of hydrogen-bond acceptors (Lipinski definition) is 3. The first-order chi connectivity index (χ1) is 9.15. The van der Waals surface area contributed by atoms with Gasteiger partial charge in [0.1, 0.15) is 5.82 Å². The van der Waals surface area contributed by atoms with Crippen LogP contribution in [-0.4, -0.2) is 43.8 Å². The van der Waals surface area contributed by atoms with Crippen LogP contribution in [0.4, 0.5) is 4.39 Å². The van der Waals surface area contributed by atoms with E-state index in [1.54, 1.807) is 12.1 Å². The number of benzene rings is 1. The molecule has 1 aliphatic heterocycles. The van der Waals surface area contributed by atoms with Crippen LogP contribution in [0.2, 0.25) is 0 Å². The second-order valence-corrected chi connectivity index (χ2v) is 5.78. The predicted molar refractivity (Wildman–Crippen MR) is 77.7 cm³/mol. The van der Waals surface area contributed by atoms with Crippen molar-refractivity contribution < 1.29 is 9.13 Å². The van der Waals surface area contributed by atoms with E-state index < -0.39 is 0 Å². The van der Waals surface area contributed by atoms with E-state index in [2.05, 4.69) is 33.1 Å². The van der Waals surface area contributed by atoms with Crippen LogP contribution in [0.5, 0.6) is 0 Å². The van der Waals surface area contributed by atoms with E-state index in [4.69, 9.17) is 4.74 Å². The molecule has 106 valence electrons. The first kappa shape index (κ1) is 14.9. The molecule has 5 heteroatoms. The molecule has 1 aromatic rings. The van der Waals surface area contributed by atoms with E-state index in [-0.39, 0.29) is 5.82 Å². The van der Waals surface area contributed by atoms with E-state index in [0.29, 0.717) is 12.6 Å². The molecule has 0 aromatic heterocycles. The number of hydrogen-bond donors (Lipinski definition) is 1. The van der Waals surface area contributed by atoms with Gasteiger partial charge in [0, 0.05) is 36.7 Å². The third-order valence-electron chi connectivity index (χ3n) is 3.28. The van der Waals surface area contributed by atoms with Gasteiger partial charge in [-0.1, -0.05) is 15.9 Å². The molecule has 1 saturated heterocycles. The Balaban J connectivity index is 1.79. The Morgan fingerprint density at radius 2 is 2.16 bits per heavy atom. The van der Waals surface area contributed by atoms with Gasteiger partial charge in [-0.15, -0.1) is 0 Å². The van der Waals surface area contributed by atoms with Gasteiger partial charge in [0.15, 0.2) is 0 Å². The Kier molecular flexibility index (Phi) is 5.76. The Labute approximate surface area is 122 Å². The number of rotatable bonds is 5. The summed E-state index contributed by atoms with van der Waals surface area (Å²) in [5, 5.41) is 3.44. The van der Waals surface area contributed by atoms with Crippen molar-refractivity contribution in [2.24, 2.45) is 0 Å². The summed E-state index contributed by atoms with van der Waals surface area (Å²) in [6.45, 7) is 7.46. The van der Waals surface area contributed by atoms with Gasteiger partial charge in [-0.2, -0.15) is 0 Å². The average Bonchev–Trinajstić information content (AvgIpc) is 2.41. The van der Waals surface area contributed by atoms with Gasteiger partial charge in [0.05, 0.1) is 13.2 Å². The average molecular weight is 331 g/mol. The van der Waals surface area contributed by atoms with E-state index in [9.17, 15) is 4.39 Å². The summed E-state index contributed by atoms with van der Waals surface area (Å²) in [6, 6.07) is 5.15. The number of ether oxygens (including phenoxy) is 1. The summed E-state index contributed by atoms with van der Waals surface area (Å²) in [7, 11) is 0. The van der Waals surface area contributed by atoms with Crippen molar-refractivity contribution in [3.63, 3.8) is 0 Å². The minimum absolute atomic E-state index is 0.194. The van der Waals surface area contributed by atoms with Crippen molar-refractivity contribution in [2.75, 3.05) is 32.8 Å². The fourth-order valence-corrected chi connectivity index (χ4v) is 2.59. The topological polar surface area (TPSA) is 24.5 Å². The fourth-order valence-electron chi connectivity index (χ4n) is 2.20. The van der Waals surface area contributed by atoms with Crippen LogP contribution in [0.3, 0.4) is 0 Å². The Morgan fingerprint density at radius 1 is 1.42 bits per heavy atom. The van der Waals surface area contributed by atoms with Gasteiger partial charge < -0.3 is 10.1 Å². The lowest BCUT2D eigenvalue weighted by molar-refractivity contribution is 0.0343. The molecular formula is C14H20BrFN2O. The standard InChI is InChI=1S/C14H20BrFN2O/c1-11(10-18-4-6-19-7-5-18)17-9-12-8-13(16)2-3-14(12)15/h2-3,8,11,17H,4-7,9-10H2,1H3. The lowest BCUT2D eigenvalue weighted by Gasteiger charge is -2.29. The minimum atomic E-state index is -0.194. The van der Waals surface area contributed by atoms with E-state index in [0.717, 1.165) is 42.9 Å². The molecular weight excluding hydrogens is 311 g/mol. The molecule has 0 amide bonds. The highest BCUT2D eigenvalue weighted by Gasteiger charge is 2.13. The molecule has 1 N–H and O–H groups in total. The van der Waals surface area contributed by atoms with Crippen LogP contribution in [0, 0.1) is 5.82 Å². The van der Waals surface area contributed by atoms with Crippen LogP contribution < -0.4 is 5.32 Å². The Bertz CT molecular complexity index is 410. The second kappa shape index (κ2) is 7.33. The number of halogens is 2. The SMILES string of the molecule is CC(CN1CCOCC1)NCc1cc(F)ccc1Br. The second-order valence-electron chi connectivity index (χ2n) is 4.93. The molecule has 0 saturated carbocycles. The monoisotopic (exact) mass is 330 g/mol. The van der Waals surface area contributed by atoms with Gasteiger partial charge in [-0.3, -0.25) is 4.90 Å². The van der Waals surface area contributed by atoms with Crippen LogP contribution in [0.1, 0.15) is 12.5 Å². The van der Waals surface area contributed by atoms with Crippen LogP contribution in [0.25, 0.3) is 0 Å². The van der Waals surface area contributed by atoms with Crippen molar-refractivity contribution in [3.05, 3.63) is 34.1 Å². The van der Waals surface area contributed by atoms with Gasteiger partial charge in [-0.25, -0.2) is 4.39 Å². The zero-order chi connectivity index (χ0) is 13.7. The molecule has 0 bridgehead atoms. The van der Waals surface area contributed by atoms with Crippen molar-refractivity contribution >= 4 is 15.9 Å². The highest BCUT2D eigenvalue weighted by molar-refractivity contribution is 9.10. The Hall–Kier alpha value is -0.490. The quantitative estimate of drug-likeness (QED) is 0.897. The van der Waals surface area contributed by atoms with Gasteiger partial charge in [0.2, 0.25) is 0 Å². The largest absolute Gasteiger partial charge is 0.379 e. The molecule has 1 atom stereocenters. The third kappa shape index (κ3) is 4.84. The third-order valence-corrected chi connectivity index (χ3v) is 4.06. The smallest absolute Gasteiger partial charge is 0.123 e. The normalized spacial score (nSPS) is 18.5. The Morgan fingerprint density at radius 3 is 2.89 bits per heavy atom. The van der Waals surface area contributed by atoms with Crippen molar-refractivity contribution in [3.8, 4) is 0 Å². The zero-order valence-electron chi connectivity index (χ0n) is 11.2. The molecule has 1 aliphatic rings. The summed E-state index contributed by atoms with van der Waals surface area (Å²) in [4.78, 5) is 2.39. The first-order valence-corrected chi connectivity index (χ1v) is 7.42. The number of nitrogens with zero attached hydrogens (tertiary/aromatic N) is 1. The highest BCUT2D eigenvalue weighted by atomic mass is 79.9. The zero-order valence-corrected chi connectivity index (χ0v) is 12.7. The van der Waals surface area contributed by atoms with Gasteiger partial charge in [-0.05, 0) is 30.7 Å². The van der Waals surface area contributed by atoms with E-state index in [1.165, 1.54) is 6.07 Å². The lowest BCUT2D eigenvalue weighted by Crippen LogP contribution is -2.44. The van der Waals surface area contributed by atoms with Gasteiger partial charge in [0.25, 0.3) is 0 Å². The molecule has 1 fully saturated rings. The van der Waals surface area contributed by atoms with Crippen LogP contribution >= 0.6 is 15.9 Å². The number of nitrogens with one attached hydrogen (secondary N) is 1. The highest BCUT2D eigenvalue weighted by Crippen LogP contribution is 2.17. The number of morpholine rings is 1. The molecule has 0 spiro atoms. The van der Waals surface area contributed by atoms with Crippen LogP contribution in [-0.2, 0) is 11.3 Å². The molecule has 1 heterocycles. The molecule has 3 nitrogen and oxygen atoms in total. The summed E-state index contributed by atoms with van der Waals surface area (Å²) >= 11 is 3.45. The summed E-state index contributed by atoms with van der Waals surface area (Å²) in [5.41, 5.74) is 0.953. The molecule has 2 rings (SSSR count). The molecule has 0 aliphatic carbocycles. The predicted octanol–water partition coefficient (Wildman–Crippen LogP) is 2.40. The maximum absolute atomic E-state index is 13.2. The summed E-state index contributed by atoms with van der Waals surface area (Å²) in [6.07, 6.45) is 0. The fraction of sp³-hybridized carbons (Fsp3) is 0.571. The van der Waals surface area contributed by atoms with Gasteiger partial charge >= 0.3 is 0 Å². The summed E-state index contributed by atoms with van der Waals surface area (Å²) in [5.74, 6) is -0.194. The first-order valence-electron chi connectivity index (χ1n) is 6.62. The lowest BCUT2D eigenvalue weighted by atomic mass is 10.2. The molecule has 0 radical (unpaired) electrons. The molecule has 1 aromatic carbocycles. The summed E-state index contributed by atoms with van der Waals surface area (Å²) < 4.78 is 19.4. The molecule has 19 heavy (non-hydrogen) atoms. The van der Waals surface area contributed by atoms with Crippen molar-refractivity contribution in [2.45, 2.75) is 19.5 Å². The van der Waals surface area contributed by atoms with E-state index >= 15 is 0 Å². The van der Waals surface area contributed by atoms with Crippen molar-refractivity contribution in [1.29, 1.82) is 0 Å².